The third-order valence-electron chi connectivity index (χ3n) is 4.36. The van der Waals surface area contributed by atoms with Crippen molar-refractivity contribution in [2.24, 2.45) is 5.92 Å². The molecule has 0 bridgehead atoms. The molecule has 5 heteroatoms. The predicted molar refractivity (Wildman–Crippen MR) is 94.0 cm³/mol. The smallest absolute Gasteiger partial charge is 0.225 e. The van der Waals surface area contributed by atoms with Crippen LogP contribution in [0.3, 0.4) is 0 Å². The fourth-order valence-corrected chi connectivity index (χ4v) is 2.79. The molecule has 1 aromatic carbocycles. The van der Waals surface area contributed by atoms with Gasteiger partial charge >= 0.3 is 0 Å². The highest BCUT2D eigenvalue weighted by molar-refractivity contribution is 5.89. The summed E-state index contributed by atoms with van der Waals surface area (Å²) < 4.78 is 5.66. The summed E-state index contributed by atoms with van der Waals surface area (Å²) in [5.74, 6) is 0.563. The van der Waals surface area contributed by atoms with Crippen molar-refractivity contribution in [3.05, 3.63) is 29.8 Å². The second-order valence-corrected chi connectivity index (χ2v) is 7.25. The van der Waals surface area contributed by atoms with Crippen LogP contribution in [-0.4, -0.2) is 43.0 Å². The number of hydrogen-bond donors (Lipinski definition) is 1. The first-order chi connectivity index (χ1) is 11.3. The maximum atomic E-state index is 12.1. The van der Waals surface area contributed by atoms with E-state index in [2.05, 4.69) is 38.2 Å². The minimum absolute atomic E-state index is 0.0628. The first-order valence-corrected chi connectivity index (χ1v) is 8.60. The number of carbonyl (C=O) groups is 2. The zero-order valence-electron chi connectivity index (χ0n) is 15.1. The van der Waals surface area contributed by atoms with Crippen molar-refractivity contribution in [3.63, 3.8) is 0 Å². The third kappa shape index (κ3) is 4.73. The van der Waals surface area contributed by atoms with E-state index in [1.54, 1.807) is 4.90 Å². The lowest BCUT2D eigenvalue weighted by Gasteiger charge is -2.19. The number of nitrogens with one attached hydrogen (secondary N) is 1. The minimum atomic E-state index is -0.233. The highest BCUT2D eigenvalue weighted by atomic mass is 16.5. The molecule has 2 rings (SSSR count). The summed E-state index contributed by atoms with van der Waals surface area (Å²) in [6.07, 6.45) is 0.314. The molecule has 24 heavy (non-hydrogen) atoms. The molecule has 1 fully saturated rings. The van der Waals surface area contributed by atoms with E-state index in [0.29, 0.717) is 32.7 Å². The van der Waals surface area contributed by atoms with Crippen LogP contribution in [0.5, 0.6) is 5.75 Å². The van der Waals surface area contributed by atoms with Crippen LogP contribution >= 0.6 is 0 Å². The molecule has 0 aromatic heterocycles. The van der Waals surface area contributed by atoms with E-state index in [-0.39, 0.29) is 23.1 Å². The van der Waals surface area contributed by atoms with Gasteiger partial charge in [0.25, 0.3) is 0 Å². The van der Waals surface area contributed by atoms with Crippen LogP contribution in [0.1, 0.15) is 39.7 Å². The van der Waals surface area contributed by atoms with Crippen molar-refractivity contribution < 1.29 is 14.3 Å². The van der Waals surface area contributed by atoms with Crippen molar-refractivity contribution >= 4 is 11.8 Å². The molecule has 1 N–H and O–H groups in total. The fourth-order valence-electron chi connectivity index (χ4n) is 2.79. The number of ether oxygens (including phenoxy) is 1. The number of rotatable bonds is 6. The monoisotopic (exact) mass is 332 g/mol. The molecule has 1 aliphatic rings. The fraction of sp³-hybridized carbons (Fsp3) is 0.579. The molecule has 1 aliphatic heterocycles. The lowest BCUT2D eigenvalue weighted by Crippen LogP contribution is -2.35. The highest BCUT2D eigenvalue weighted by Crippen LogP contribution is 2.24. The molecular weight excluding hydrogens is 304 g/mol. The zero-order chi connectivity index (χ0) is 17.7. The standard InChI is InChI=1S/C19H28N2O3/c1-5-21-13-14(12-17(21)22)18(23)20-10-11-24-16-8-6-15(7-9-16)19(2,3)4/h6-9,14H,5,10-13H2,1-4H3,(H,20,23). The summed E-state index contributed by atoms with van der Waals surface area (Å²) in [6, 6.07) is 8.04. The van der Waals surface area contributed by atoms with Gasteiger partial charge in [0.05, 0.1) is 12.5 Å². The maximum Gasteiger partial charge on any atom is 0.225 e. The SMILES string of the molecule is CCN1CC(C(=O)NCCOc2ccc(C(C)(C)C)cc2)CC1=O. The lowest BCUT2D eigenvalue weighted by atomic mass is 9.87. The molecule has 1 saturated heterocycles. The van der Waals surface area contributed by atoms with E-state index >= 15 is 0 Å². The van der Waals surface area contributed by atoms with Gasteiger partial charge in [-0.05, 0) is 30.0 Å². The molecule has 1 aromatic rings. The maximum absolute atomic E-state index is 12.1. The minimum Gasteiger partial charge on any atom is -0.492 e. The van der Waals surface area contributed by atoms with E-state index in [4.69, 9.17) is 4.74 Å². The van der Waals surface area contributed by atoms with Crippen LogP contribution in [0.15, 0.2) is 24.3 Å². The van der Waals surface area contributed by atoms with Gasteiger partial charge in [-0.3, -0.25) is 9.59 Å². The Balaban J connectivity index is 1.71. The number of benzene rings is 1. The van der Waals surface area contributed by atoms with Gasteiger partial charge in [-0.1, -0.05) is 32.9 Å². The summed E-state index contributed by atoms with van der Waals surface area (Å²) in [4.78, 5) is 25.4. The van der Waals surface area contributed by atoms with Gasteiger partial charge in [0.2, 0.25) is 11.8 Å². The van der Waals surface area contributed by atoms with E-state index in [1.165, 1.54) is 5.56 Å². The number of amides is 2. The van der Waals surface area contributed by atoms with Crippen LogP contribution in [0.2, 0.25) is 0 Å². The average Bonchev–Trinajstić information content (AvgIpc) is 2.92. The van der Waals surface area contributed by atoms with Crippen LogP contribution in [0.4, 0.5) is 0 Å². The van der Waals surface area contributed by atoms with Crippen LogP contribution in [-0.2, 0) is 15.0 Å². The highest BCUT2D eigenvalue weighted by Gasteiger charge is 2.33. The average molecular weight is 332 g/mol. The van der Waals surface area contributed by atoms with Gasteiger partial charge in [-0.25, -0.2) is 0 Å². The van der Waals surface area contributed by atoms with Crippen molar-refractivity contribution in [1.82, 2.24) is 10.2 Å². The van der Waals surface area contributed by atoms with E-state index in [0.717, 1.165) is 5.75 Å². The van der Waals surface area contributed by atoms with Gasteiger partial charge in [-0.2, -0.15) is 0 Å². The summed E-state index contributed by atoms with van der Waals surface area (Å²) >= 11 is 0. The summed E-state index contributed by atoms with van der Waals surface area (Å²) in [5.41, 5.74) is 1.38. The van der Waals surface area contributed by atoms with Gasteiger partial charge in [-0.15, -0.1) is 0 Å². The van der Waals surface area contributed by atoms with E-state index in [9.17, 15) is 9.59 Å². The number of carbonyl (C=O) groups excluding carboxylic acids is 2. The Hall–Kier alpha value is -2.04. The van der Waals surface area contributed by atoms with Gasteiger partial charge in [0.15, 0.2) is 0 Å². The Bertz CT molecular complexity index is 575. The van der Waals surface area contributed by atoms with Gasteiger partial charge in [0.1, 0.15) is 12.4 Å². The van der Waals surface area contributed by atoms with Crippen molar-refractivity contribution in [2.75, 3.05) is 26.2 Å². The second kappa shape index (κ2) is 7.69. The molecular formula is C19H28N2O3. The molecule has 1 unspecified atom stereocenters. The first-order valence-electron chi connectivity index (χ1n) is 8.60. The summed E-state index contributed by atoms with van der Waals surface area (Å²) in [7, 11) is 0. The molecule has 2 amide bonds. The van der Waals surface area contributed by atoms with Crippen LogP contribution in [0.25, 0.3) is 0 Å². The quantitative estimate of drug-likeness (QED) is 0.814. The molecule has 0 spiro atoms. The number of likely N-dealkylation sites (tertiary alicyclic amines) is 1. The zero-order valence-corrected chi connectivity index (χ0v) is 15.1. The van der Waals surface area contributed by atoms with Crippen LogP contribution < -0.4 is 10.1 Å². The van der Waals surface area contributed by atoms with Gasteiger partial charge in [0, 0.05) is 19.5 Å². The Morgan fingerprint density at radius 2 is 1.96 bits per heavy atom. The Morgan fingerprint density at radius 3 is 2.50 bits per heavy atom. The van der Waals surface area contributed by atoms with Crippen LogP contribution in [0, 0.1) is 5.92 Å². The number of hydrogen-bond acceptors (Lipinski definition) is 3. The largest absolute Gasteiger partial charge is 0.492 e. The molecule has 0 saturated carbocycles. The third-order valence-corrected chi connectivity index (χ3v) is 4.36. The molecule has 1 heterocycles. The Kier molecular flexibility index (Phi) is 5.86. The Labute approximate surface area is 144 Å². The molecule has 0 aliphatic carbocycles. The van der Waals surface area contributed by atoms with E-state index < -0.39 is 0 Å². The van der Waals surface area contributed by atoms with E-state index in [1.807, 2.05) is 19.1 Å². The number of nitrogens with zero attached hydrogens (tertiary/aromatic N) is 1. The first kappa shape index (κ1) is 18.3. The summed E-state index contributed by atoms with van der Waals surface area (Å²) in [5, 5.41) is 2.85. The van der Waals surface area contributed by atoms with Crippen molar-refractivity contribution in [2.45, 2.75) is 39.5 Å². The van der Waals surface area contributed by atoms with Crippen molar-refractivity contribution in [3.8, 4) is 5.75 Å². The topological polar surface area (TPSA) is 58.6 Å². The second-order valence-electron chi connectivity index (χ2n) is 7.25. The van der Waals surface area contributed by atoms with Gasteiger partial charge < -0.3 is 15.0 Å². The van der Waals surface area contributed by atoms with Crippen molar-refractivity contribution in [1.29, 1.82) is 0 Å². The lowest BCUT2D eigenvalue weighted by molar-refractivity contribution is -0.128. The molecule has 5 nitrogen and oxygen atoms in total. The molecule has 132 valence electrons. The predicted octanol–water partition coefficient (Wildman–Crippen LogP) is 2.35. The Morgan fingerprint density at radius 1 is 1.29 bits per heavy atom. The normalized spacial score (nSPS) is 17.9. The molecule has 0 radical (unpaired) electrons. The molecule has 1 atom stereocenters. The summed E-state index contributed by atoms with van der Waals surface area (Å²) in [6.45, 7) is 10.5.